The fourth-order valence-corrected chi connectivity index (χ4v) is 6.93. The molecule has 164 valence electrons. The summed E-state index contributed by atoms with van der Waals surface area (Å²) in [6.45, 7) is 2.05. The molecule has 0 N–H and O–H groups in total. The molecule has 0 bridgehead atoms. The van der Waals surface area contributed by atoms with Crippen molar-refractivity contribution in [2.45, 2.75) is 23.1 Å². The summed E-state index contributed by atoms with van der Waals surface area (Å²) in [7, 11) is -3.71. The third-order valence-corrected chi connectivity index (χ3v) is 8.55. The summed E-state index contributed by atoms with van der Waals surface area (Å²) in [4.78, 5) is 10.1. The normalized spacial score (nSPS) is 14.0. The highest BCUT2D eigenvalue weighted by Crippen LogP contribution is 2.45. The van der Waals surface area contributed by atoms with Gasteiger partial charge in [-0.05, 0) is 41.3 Å². The number of pyridine rings is 1. The van der Waals surface area contributed by atoms with Crippen molar-refractivity contribution in [2.75, 3.05) is 0 Å². The van der Waals surface area contributed by atoms with Gasteiger partial charge in [0.05, 0.1) is 32.0 Å². The number of sulfone groups is 1. The average molecular weight is 462 g/mol. The van der Waals surface area contributed by atoms with Crippen LogP contribution < -0.4 is 0 Å². The Balaban J connectivity index is 1.70. The smallest absolute Gasteiger partial charge is 0.210 e. The highest BCUT2D eigenvalue weighted by molar-refractivity contribution is 7.92. The van der Waals surface area contributed by atoms with Crippen LogP contribution in [0.2, 0.25) is 0 Å². The number of fused-ring (bicyclic) bond motifs is 5. The summed E-state index contributed by atoms with van der Waals surface area (Å²) < 4.78 is 29.6. The molecule has 34 heavy (non-hydrogen) atoms. The zero-order chi connectivity index (χ0) is 23.0. The van der Waals surface area contributed by atoms with E-state index in [0.717, 1.165) is 38.6 Å². The third kappa shape index (κ3) is 2.41. The number of hydrogen-bond acceptors (Lipinski definition) is 4. The van der Waals surface area contributed by atoms with Crippen molar-refractivity contribution in [3.05, 3.63) is 90.9 Å². The molecule has 0 fully saturated rings. The maximum atomic E-state index is 13.8. The van der Waals surface area contributed by atoms with E-state index in [4.69, 9.17) is 9.97 Å². The second-order valence-corrected chi connectivity index (χ2v) is 10.4. The molecule has 0 saturated heterocycles. The minimum Gasteiger partial charge on any atom is -0.293 e. The maximum absolute atomic E-state index is 13.8. The van der Waals surface area contributed by atoms with E-state index in [2.05, 4.69) is 24.3 Å². The van der Waals surface area contributed by atoms with Gasteiger partial charge in [-0.15, -0.1) is 0 Å². The van der Waals surface area contributed by atoms with Crippen LogP contribution in [0.5, 0.6) is 0 Å². The van der Waals surface area contributed by atoms with E-state index in [9.17, 15) is 8.42 Å². The van der Waals surface area contributed by atoms with Gasteiger partial charge in [0.2, 0.25) is 9.84 Å². The molecule has 0 spiro atoms. The van der Waals surface area contributed by atoms with Crippen LogP contribution in [-0.4, -0.2) is 23.0 Å². The van der Waals surface area contributed by atoms with E-state index in [1.165, 1.54) is 0 Å². The lowest BCUT2D eigenvalue weighted by Gasteiger charge is -2.24. The summed E-state index contributed by atoms with van der Waals surface area (Å²) in [6, 6.07) is 25.2. The molecule has 6 aromatic rings. The molecule has 0 atom stereocenters. The Morgan fingerprint density at radius 3 is 2.50 bits per heavy atom. The number of nitrogens with zero attached hydrogens (tertiary/aromatic N) is 3. The zero-order valence-electron chi connectivity index (χ0n) is 18.4. The first-order valence-electron chi connectivity index (χ1n) is 11.3. The van der Waals surface area contributed by atoms with Crippen molar-refractivity contribution in [2.24, 2.45) is 0 Å². The van der Waals surface area contributed by atoms with Crippen molar-refractivity contribution in [1.82, 2.24) is 14.5 Å². The first kappa shape index (κ1) is 19.4. The number of hydrogen-bond donors (Lipinski definition) is 0. The molecule has 0 unspecified atom stereocenters. The zero-order valence-corrected chi connectivity index (χ0v) is 19.2. The summed E-state index contributed by atoms with van der Waals surface area (Å²) in [6.07, 6.45) is 2.48. The number of aromatic nitrogens is 3. The van der Waals surface area contributed by atoms with Gasteiger partial charge < -0.3 is 0 Å². The molecule has 6 heteroatoms. The lowest BCUT2D eigenvalue weighted by atomic mass is 9.94. The molecule has 2 aromatic heterocycles. The van der Waals surface area contributed by atoms with Crippen LogP contribution in [-0.2, 0) is 16.3 Å². The number of para-hydroxylation sites is 2. The molecule has 1 aliphatic rings. The number of imidazole rings is 1. The van der Waals surface area contributed by atoms with Gasteiger partial charge in [0.15, 0.2) is 0 Å². The van der Waals surface area contributed by atoms with Crippen LogP contribution in [0.15, 0.2) is 94.9 Å². The van der Waals surface area contributed by atoms with Crippen molar-refractivity contribution >= 4 is 42.5 Å². The molecule has 0 amide bonds. The maximum Gasteiger partial charge on any atom is 0.210 e. The van der Waals surface area contributed by atoms with E-state index >= 15 is 0 Å². The summed E-state index contributed by atoms with van der Waals surface area (Å²) in [5.74, 6) is 0.842. The van der Waals surface area contributed by atoms with Gasteiger partial charge in [0, 0.05) is 29.0 Å². The van der Waals surface area contributed by atoms with Gasteiger partial charge >= 0.3 is 0 Å². The third-order valence-electron chi connectivity index (χ3n) is 6.73. The van der Waals surface area contributed by atoms with Crippen LogP contribution in [0, 0.1) is 0 Å². The Hall–Kier alpha value is -4.03. The summed E-state index contributed by atoms with van der Waals surface area (Å²) >= 11 is 0. The van der Waals surface area contributed by atoms with Crippen LogP contribution in [0.3, 0.4) is 0 Å². The molecule has 7 rings (SSSR count). The van der Waals surface area contributed by atoms with Gasteiger partial charge in [0.25, 0.3) is 0 Å². The predicted molar refractivity (Wildman–Crippen MR) is 134 cm³/mol. The Bertz CT molecular complexity index is 1920. The van der Waals surface area contributed by atoms with Crippen molar-refractivity contribution < 1.29 is 8.42 Å². The van der Waals surface area contributed by atoms with Gasteiger partial charge in [0.1, 0.15) is 5.82 Å². The molecule has 5 nitrogen and oxygen atoms in total. The monoisotopic (exact) mass is 461 g/mol. The quantitative estimate of drug-likeness (QED) is 0.292. The lowest BCUT2D eigenvalue weighted by Crippen LogP contribution is -2.17. The molecular formula is C28H19N3O2S. The largest absolute Gasteiger partial charge is 0.293 e. The fourth-order valence-electron chi connectivity index (χ4n) is 5.28. The van der Waals surface area contributed by atoms with Crippen molar-refractivity contribution in [1.29, 1.82) is 0 Å². The Kier molecular flexibility index (Phi) is 3.86. The summed E-state index contributed by atoms with van der Waals surface area (Å²) in [5.41, 5.74) is 4.73. The van der Waals surface area contributed by atoms with E-state index < -0.39 is 9.84 Å². The van der Waals surface area contributed by atoms with Crippen LogP contribution in [0.25, 0.3) is 49.5 Å². The van der Waals surface area contributed by atoms with Crippen LogP contribution in [0.1, 0.15) is 12.7 Å². The number of benzene rings is 4. The van der Waals surface area contributed by atoms with Gasteiger partial charge in [-0.1, -0.05) is 55.5 Å². The lowest BCUT2D eigenvalue weighted by molar-refractivity contribution is 0.594. The first-order chi connectivity index (χ1) is 16.6. The molecule has 3 heterocycles. The SMILES string of the molecule is CCc1nc2cccc3c2n1-c1c(-c2cc4ccccc4c4ncccc24)cccc1S3(=O)=O. The Morgan fingerprint density at radius 2 is 1.62 bits per heavy atom. The predicted octanol–water partition coefficient (Wildman–Crippen LogP) is 6.10. The molecule has 0 saturated carbocycles. The second-order valence-electron chi connectivity index (χ2n) is 8.54. The van der Waals surface area contributed by atoms with E-state index in [1.54, 1.807) is 24.4 Å². The van der Waals surface area contributed by atoms with Gasteiger partial charge in [-0.3, -0.25) is 9.55 Å². The van der Waals surface area contributed by atoms with E-state index in [1.807, 2.05) is 47.9 Å². The van der Waals surface area contributed by atoms with Gasteiger partial charge in [-0.25, -0.2) is 13.4 Å². The highest BCUT2D eigenvalue weighted by Gasteiger charge is 2.34. The van der Waals surface area contributed by atoms with E-state index in [0.29, 0.717) is 32.9 Å². The van der Waals surface area contributed by atoms with Gasteiger partial charge in [-0.2, -0.15) is 0 Å². The standard InChI is InChI=1S/C28H19N3O2S/c1-2-25-30-22-12-6-14-24-28(22)31(25)27-20(10-5-13-23(27)34(24,32)33)21-16-17-8-3-4-9-18(17)26-19(21)11-7-15-29-26/h3-16H,2H2,1H3. The second kappa shape index (κ2) is 6.74. The molecule has 0 radical (unpaired) electrons. The van der Waals surface area contributed by atoms with Crippen LogP contribution >= 0.6 is 0 Å². The molecule has 1 aliphatic heterocycles. The van der Waals surface area contributed by atoms with E-state index in [-0.39, 0.29) is 0 Å². The Labute approximate surface area is 196 Å². The minimum absolute atomic E-state index is 0.308. The minimum atomic E-state index is -3.71. The average Bonchev–Trinajstić information content (AvgIpc) is 3.26. The molecule has 4 aromatic carbocycles. The van der Waals surface area contributed by atoms with Crippen molar-refractivity contribution in [3.8, 4) is 16.8 Å². The fraction of sp³-hybridized carbons (Fsp3) is 0.0714. The highest BCUT2D eigenvalue weighted by atomic mass is 32.2. The van der Waals surface area contributed by atoms with Crippen LogP contribution in [0.4, 0.5) is 0 Å². The number of aryl methyl sites for hydroxylation is 1. The Morgan fingerprint density at radius 1 is 0.824 bits per heavy atom. The topological polar surface area (TPSA) is 64.8 Å². The van der Waals surface area contributed by atoms with Crippen molar-refractivity contribution in [3.63, 3.8) is 0 Å². The first-order valence-corrected chi connectivity index (χ1v) is 12.7. The molecule has 0 aliphatic carbocycles. The number of rotatable bonds is 2. The summed E-state index contributed by atoms with van der Waals surface area (Å²) in [5, 5.41) is 3.12. The molecular weight excluding hydrogens is 442 g/mol.